The quantitative estimate of drug-likeness (QED) is 0.432. The van der Waals surface area contributed by atoms with Crippen LogP contribution in [0.1, 0.15) is 11.3 Å². The van der Waals surface area contributed by atoms with Gasteiger partial charge in [-0.1, -0.05) is 29.8 Å². The second-order valence-corrected chi connectivity index (χ2v) is 6.76. The molecule has 0 unspecified atom stereocenters. The van der Waals surface area contributed by atoms with E-state index >= 15 is 0 Å². The summed E-state index contributed by atoms with van der Waals surface area (Å²) in [5.74, 6) is 1.53. The zero-order valence-corrected chi connectivity index (χ0v) is 16.4. The molecule has 148 valence electrons. The molecule has 2 aromatic heterocycles. The molecule has 8 nitrogen and oxygen atoms in total. The molecule has 0 bridgehead atoms. The number of nitrogens with zero attached hydrogens (tertiary/aromatic N) is 3. The van der Waals surface area contributed by atoms with Crippen LogP contribution in [0.3, 0.4) is 0 Å². The van der Waals surface area contributed by atoms with E-state index in [1.54, 1.807) is 19.2 Å². The minimum absolute atomic E-state index is 0.235. The number of aromatic amines is 1. The molecule has 4 aromatic rings. The molecule has 0 saturated carbocycles. The Morgan fingerprint density at radius 3 is 2.66 bits per heavy atom. The molecule has 0 aliphatic heterocycles. The van der Waals surface area contributed by atoms with Gasteiger partial charge in [0.15, 0.2) is 0 Å². The summed E-state index contributed by atoms with van der Waals surface area (Å²) < 4.78 is 6.65. The van der Waals surface area contributed by atoms with E-state index in [0.717, 1.165) is 17.0 Å². The Bertz CT molecular complexity index is 1190. The normalized spacial score (nSPS) is 10.8. The van der Waals surface area contributed by atoms with E-state index in [2.05, 4.69) is 25.7 Å². The summed E-state index contributed by atoms with van der Waals surface area (Å²) in [6.07, 6.45) is 0. The molecule has 0 spiro atoms. The zero-order chi connectivity index (χ0) is 20.2. The molecule has 0 saturated heterocycles. The fourth-order valence-electron chi connectivity index (χ4n) is 2.89. The van der Waals surface area contributed by atoms with Gasteiger partial charge in [-0.15, -0.1) is 0 Å². The fraction of sp³-hybridized carbons (Fsp3) is 0.150. The molecular formula is C20H19ClN6O2. The summed E-state index contributed by atoms with van der Waals surface area (Å²) >= 11 is 5.89. The van der Waals surface area contributed by atoms with Gasteiger partial charge in [0.25, 0.3) is 11.3 Å². The topological polar surface area (TPSA) is 96.3 Å². The molecule has 0 atom stereocenters. The number of para-hydroxylation sites is 1. The van der Waals surface area contributed by atoms with Crippen molar-refractivity contribution in [1.29, 1.82) is 0 Å². The minimum atomic E-state index is -0.235. The summed E-state index contributed by atoms with van der Waals surface area (Å²) in [5, 5.41) is 9.96. The van der Waals surface area contributed by atoms with E-state index in [1.807, 2.05) is 36.4 Å². The predicted molar refractivity (Wildman–Crippen MR) is 113 cm³/mol. The predicted octanol–water partition coefficient (Wildman–Crippen LogP) is 3.30. The fourth-order valence-corrected chi connectivity index (χ4v) is 3.01. The number of methoxy groups -OCH3 is 1. The van der Waals surface area contributed by atoms with Gasteiger partial charge in [-0.3, -0.25) is 9.89 Å². The molecule has 0 fully saturated rings. The third-order valence-corrected chi connectivity index (χ3v) is 4.59. The number of nitrogens with one attached hydrogen (secondary N) is 3. The van der Waals surface area contributed by atoms with Gasteiger partial charge in [-0.05, 0) is 30.3 Å². The van der Waals surface area contributed by atoms with Gasteiger partial charge in [0.1, 0.15) is 5.75 Å². The molecule has 2 aromatic carbocycles. The number of benzene rings is 2. The van der Waals surface area contributed by atoms with Crippen LogP contribution < -0.4 is 20.9 Å². The molecule has 0 aliphatic rings. The van der Waals surface area contributed by atoms with Gasteiger partial charge in [0.05, 0.1) is 19.3 Å². The Hall–Kier alpha value is -3.52. The van der Waals surface area contributed by atoms with Crippen molar-refractivity contribution in [1.82, 2.24) is 19.6 Å². The smallest absolute Gasteiger partial charge is 0.274 e. The van der Waals surface area contributed by atoms with Gasteiger partial charge in [-0.25, -0.2) is 4.98 Å². The van der Waals surface area contributed by atoms with Crippen molar-refractivity contribution in [3.63, 3.8) is 0 Å². The maximum atomic E-state index is 12.4. The maximum absolute atomic E-state index is 12.4. The maximum Gasteiger partial charge on any atom is 0.274 e. The van der Waals surface area contributed by atoms with Crippen molar-refractivity contribution in [2.75, 3.05) is 17.7 Å². The summed E-state index contributed by atoms with van der Waals surface area (Å²) in [6.45, 7) is 0.883. The van der Waals surface area contributed by atoms with Crippen LogP contribution in [0.4, 0.5) is 11.6 Å². The van der Waals surface area contributed by atoms with E-state index in [9.17, 15) is 4.79 Å². The number of H-pyrrole nitrogens is 1. The van der Waals surface area contributed by atoms with Crippen LogP contribution in [0.25, 0.3) is 5.78 Å². The summed E-state index contributed by atoms with van der Waals surface area (Å²) in [5.41, 5.74) is 2.22. The number of halogens is 1. The molecule has 3 N–H and O–H groups in total. The van der Waals surface area contributed by atoms with Crippen LogP contribution in [0.15, 0.2) is 59.4 Å². The first-order valence-electron chi connectivity index (χ1n) is 8.96. The highest BCUT2D eigenvalue weighted by Crippen LogP contribution is 2.18. The van der Waals surface area contributed by atoms with Crippen molar-refractivity contribution in [2.45, 2.75) is 13.1 Å². The van der Waals surface area contributed by atoms with Crippen molar-refractivity contribution in [2.24, 2.45) is 0 Å². The SMILES string of the molecule is COc1ccccc1CNc1nc2nc(CNc3ccc(Cl)cc3)cc(=O)n2[nH]1. The second-order valence-electron chi connectivity index (χ2n) is 6.32. The van der Waals surface area contributed by atoms with Crippen molar-refractivity contribution >= 4 is 29.0 Å². The largest absolute Gasteiger partial charge is 0.496 e. The van der Waals surface area contributed by atoms with E-state index in [0.29, 0.717) is 35.5 Å². The third kappa shape index (κ3) is 4.33. The Kier molecular flexibility index (Phi) is 5.35. The van der Waals surface area contributed by atoms with Crippen LogP contribution in [0.5, 0.6) is 5.75 Å². The molecule has 4 rings (SSSR count). The molecular weight excluding hydrogens is 392 g/mol. The van der Waals surface area contributed by atoms with Gasteiger partial charge in [0.2, 0.25) is 5.95 Å². The Balaban J connectivity index is 1.49. The molecule has 9 heteroatoms. The Morgan fingerprint density at radius 1 is 1.07 bits per heavy atom. The highest BCUT2D eigenvalue weighted by atomic mass is 35.5. The molecule has 0 radical (unpaired) electrons. The number of fused-ring (bicyclic) bond motifs is 1. The number of ether oxygens (including phenoxy) is 1. The summed E-state index contributed by atoms with van der Waals surface area (Å²) in [6, 6.07) is 16.5. The van der Waals surface area contributed by atoms with Gasteiger partial charge in [-0.2, -0.15) is 9.50 Å². The lowest BCUT2D eigenvalue weighted by Crippen LogP contribution is -2.17. The highest BCUT2D eigenvalue weighted by Gasteiger charge is 2.09. The number of anilines is 2. The van der Waals surface area contributed by atoms with Crippen molar-refractivity contribution in [3.05, 3.63) is 81.2 Å². The Labute approximate surface area is 171 Å². The van der Waals surface area contributed by atoms with Gasteiger partial charge >= 0.3 is 0 Å². The van der Waals surface area contributed by atoms with E-state index in [4.69, 9.17) is 16.3 Å². The summed E-state index contributed by atoms with van der Waals surface area (Å²) in [4.78, 5) is 21.2. The van der Waals surface area contributed by atoms with E-state index in [1.165, 1.54) is 10.6 Å². The monoisotopic (exact) mass is 410 g/mol. The van der Waals surface area contributed by atoms with Crippen LogP contribution in [0, 0.1) is 0 Å². The van der Waals surface area contributed by atoms with Crippen LogP contribution in [0.2, 0.25) is 5.02 Å². The van der Waals surface area contributed by atoms with E-state index in [-0.39, 0.29) is 5.56 Å². The first kappa shape index (κ1) is 18.8. The number of rotatable bonds is 7. The standard InChI is InChI=1S/C20H19ClN6O2/c1-29-17-5-3-2-4-13(17)11-23-19-25-20-24-16(10-18(28)27(20)26-19)12-22-15-8-6-14(21)7-9-15/h2-10,22H,11-12H2,1H3,(H2,23,24,25,26). The van der Waals surface area contributed by atoms with Gasteiger partial charge < -0.3 is 15.4 Å². The van der Waals surface area contributed by atoms with Crippen molar-refractivity contribution < 1.29 is 4.74 Å². The van der Waals surface area contributed by atoms with Crippen LogP contribution in [-0.4, -0.2) is 26.7 Å². The second kappa shape index (κ2) is 8.24. The van der Waals surface area contributed by atoms with Gasteiger partial charge in [0, 0.05) is 28.9 Å². The van der Waals surface area contributed by atoms with E-state index < -0.39 is 0 Å². The van der Waals surface area contributed by atoms with Crippen LogP contribution in [-0.2, 0) is 13.1 Å². The average molecular weight is 411 g/mol. The molecule has 0 amide bonds. The molecule has 29 heavy (non-hydrogen) atoms. The zero-order valence-electron chi connectivity index (χ0n) is 15.6. The molecule has 0 aliphatic carbocycles. The summed E-state index contributed by atoms with van der Waals surface area (Å²) in [7, 11) is 1.63. The first-order valence-corrected chi connectivity index (χ1v) is 9.34. The van der Waals surface area contributed by atoms with Crippen molar-refractivity contribution in [3.8, 4) is 5.75 Å². The third-order valence-electron chi connectivity index (χ3n) is 4.34. The lowest BCUT2D eigenvalue weighted by molar-refractivity contribution is 0.410. The minimum Gasteiger partial charge on any atom is -0.496 e. The van der Waals surface area contributed by atoms with Crippen LogP contribution >= 0.6 is 11.6 Å². The molecule has 2 heterocycles. The highest BCUT2D eigenvalue weighted by molar-refractivity contribution is 6.30. The number of aromatic nitrogens is 4. The number of hydrogen-bond donors (Lipinski definition) is 3. The first-order chi connectivity index (χ1) is 14.1. The number of hydrogen-bond acceptors (Lipinski definition) is 6. The lowest BCUT2D eigenvalue weighted by atomic mass is 10.2. The lowest BCUT2D eigenvalue weighted by Gasteiger charge is -2.08. The Morgan fingerprint density at radius 2 is 1.86 bits per heavy atom. The average Bonchev–Trinajstić information content (AvgIpc) is 3.16.